The van der Waals surface area contributed by atoms with Crippen molar-refractivity contribution in [2.45, 2.75) is 87.0 Å². The lowest BCUT2D eigenvalue weighted by atomic mass is 9.81. The molecule has 5 aromatic carbocycles. The molecule has 0 bridgehead atoms. The predicted molar refractivity (Wildman–Crippen MR) is 249 cm³/mol. The smallest absolute Gasteiger partial charge is 0.0213 e. The van der Waals surface area contributed by atoms with Crippen LogP contribution in [0.1, 0.15) is 90.0 Å². The summed E-state index contributed by atoms with van der Waals surface area (Å²) in [5.74, 6) is 2.33. The molecule has 9 rings (SSSR count). The van der Waals surface area contributed by atoms with Crippen molar-refractivity contribution in [3.63, 3.8) is 0 Å². The van der Waals surface area contributed by atoms with Gasteiger partial charge in [-0.3, -0.25) is 0 Å². The Morgan fingerprint density at radius 2 is 1.18 bits per heavy atom. The highest BCUT2D eigenvalue weighted by molar-refractivity contribution is 5.77. The third-order valence-corrected chi connectivity index (χ3v) is 10.6. The number of aryl methyl sites for hydroxylation is 2. The molecule has 2 saturated carbocycles. The van der Waals surface area contributed by atoms with Crippen LogP contribution in [0.5, 0.6) is 0 Å². The maximum absolute atomic E-state index is 2.45. The Labute approximate surface area is 341 Å². The van der Waals surface area contributed by atoms with E-state index in [0.717, 1.165) is 17.8 Å². The molecule has 290 valence electrons. The van der Waals surface area contributed by atoms with Gasteiger partial charge in [-0.25, -0.2) is 0 Å². The molecule has 4 unspecified atom stereocenters. The monoisotopic (exact) mass is 739 g/mol. The van der Waals surface area contributed by atoms with Crippen LogP contribution in [-0.2, 0) is 5.41 Å². The third-order valence-electron chi connectivity index (χ3n) is 10.6. The molecule has 4 aliphatic carbocycles. The quantitative estimate of drug-likeness (QED) is 0.161. The van der Waals surface area contributed by atoms with E-state index in [9.17, 15) is 0 Å². The number of allylic oxidation sites excluding steroid dienone is 10. The minimum absolute atomic E-state index is 0.293. The van der Waals surface area contributed by atoms with E-state index in [-0.39, 0.29) is 0 Å². The second-order valence-electron chi connectivity index (χ2n) is 14.9. The number of hydrogen-bond acceptors (Lipinski definition) is 0. The lowest BCUT2D eigenvalue weighted by Crippen LogP contribution is -2.13. The number of benzene rings is 5. The first-order valence-electron chi connectivity index (χ1n) is 21.0. The van der Waals surface area contributed by atoms with Crippen LogP contribution in [0.25, 0.3) is 27.8 Å². The molecule has 0 aliphatic heterocycles. The van der Waals surface area contributed by atoms with Crippen LogP contribution in [0, 0.1) is 31.6 Å². The molecular weight excluding hydrogens is 673 g/mol. The van der Waals surface area contributed by atoms with Gasteiger partial charge >= 0.3 is 0 Å². The van der Waals surface area contributed by atoms with Gasteiger partial charge in [0.2, 0.25) is 0 Å². The highest BCUT2D eigenvalue weighted by Crippen LogP contribution is 2.63. The molecule has 2 fully saturated rings. The fourth-order valence-corrected chi connectivity index (χ4v) is 7.52. The average molecular weight is 739 g/mol. The summed E-state index contributed by atoms with van der Waals surface area (Å²) >= 11 is 0. The van der Waals surface area contributed by atoms with E-state index >= 15 is 0 Å². The first-order valence-corrected chi connectivity index (χ1v) is 21.0. The SMILES string of the molecule is C/C=C\C.CC.CC1=CC=CC2(c3ccccc3C3=CC=CC4CC34)CC12.CCC.Cc1cccc(-c2ccccc2)c1.Cc1ccccc1-c1ccccc1. The molecule has 5 aromatic rings. The molecule has 0 heteroatoms. The molecule has 4 aliphatic rings. The van der Waals surface area contributed by atoms with Crippen LogP contribution in [0.3, 0.4) is 0 Å². The summed E-state index contributed by atoms with van der Waals surface area (Å²) in [6, 6.07) is 47.1. The van der Waals surface area contributed by atoms with E-state index in [1.54, 1.807) is 16.7 Å². The van der Waals surface area contributed by atoms with Gasteiger partial charge in [0.1, 0.15) is 0 Å². The van der Waals surface area contributed by atoms with Crippen molar-refractivity contribution < 1.29 is 0 Å². The van der Waals surface area contributed by atoms with Crippen LogP contribution < -0.4 is 0 Å². The molecule has 56 heavy (non-hydrogen) atoms. The Bertz CT molecular complexity index is 2070. The fraction of sp³-hybridized carbons (Fsp3) is 0.286. The second-order valence-corrected chi connectivity index (χ2v) is 14.9. The van der Waals surface area contributed by atoms with Gasteiger partial charge in [0.05, 0.1) is 0 Å². The Morgan fingerprint density at radius 1 is 0.607 bits per heavy atom. The highest BCUT2D eigenvalue weighted by Gasteiger charge is 2.56. The zero-order valence-electron chi connectivity index (χ0n) is 35.7. The third kappa shape index (κ3) is 11.7. The Balaban J connectivity index is 0.000000175. The van der Waals surface area contributed by atoms with Crippen molar-refractivity contribution >= 4 is 5.57 Å². The molecule has 0 amide bonds. The van der Waals surface area contributed by atoms with Crippen LogP contribution in [0.2, 0.25) is 0 Å². The topological polar surface area (TPSA) is 0 Å². The number of fused-ring (bicyclic) bond motifs is 2. The molecule has 0 radical (unpaired) electrons. The summed E-state index contributed by atoms with van der Waals surface area (Å²) in [7, 11) is 0. The molecule has 0 heterocycles. The second kappa shape index (κ2) is 22.4. The fourth-order valence-electron chi connectivity index (χ4n) is 7.52. The van der Waals surface area contributed by atoms with Gasteiger partial charge in [0, 0.05) is 5.41 Å². The van der Waals surface area contributed by atoms with Gasteiger partial charge in [-0.15, -0.1) is 0 Å². The normalized spacial score (nSPS) is 20.1. The molecule has 0 aromatic heterocycles. The van der Waals surface area contributed by atoms with Crippen molar-refractivity contribution in [3.05, 3.63) is 210 Å². The van der Waals surface area contributed by atoms with Crippen molar-refractivity contribution in [2.24, 2.45) is 17.8 Å². The van der Waals surface area contributed by atoms with Crippen LogP contribution >= 0.6 is 0 Å². The summed E-state index contributed by atoms with van der Waals surface area (Å²) in [5.41, 5.74) is 14.3. The van der Waals surface area contributed by atoms with Crippen LogP contribution in [0.15, 0.2) is 188 Å². The maximum atomic E-state index is 2.45. The van der Waals surface area contributed by atoms with Crippen LogP contribution in [0.4, 0.5) is 0 Å². The van der Waals surface area contributed by atoms with E-state index in [1.165, 1.54) is 58.2 Å². The standard InChI is InChI=1S/C21H20.2C13H12.C4H8.C3H8.C2H6/c1-14-6-5-11-21(13-20(14)21)19-10-3-2-8-17(19)16-9-4-7-15-12-18(15)16;1-11-7-5-6-10-13(11)12-8-3-2-4-9-12;1-11-6-5-9-13(10-11)12-7-3-2-4-8-12;1-3-4-2;1-3-2;1-2/h2-11,15,18,20H,12-13H2,1H3;2*2-10H,1H3;3-4H,1-2H3;3H2,1-2H3;1-2H3/b;;;4-3-;;. The molecule has 4 atom stereocenters. The lowest BCUT2D eigenvalue weighted by Gasteiger charge is -2.22. The maximum Gasteiger partial charge on any atom is 0.0213 e. The molecule has 0 nitrogen and oxygen atoms in total. The van der Waals surface area contributed by atoms with Gasteiger partial charge in [0.15, 0.2) is 0 Å². The molecule has 0 saturated heterocycles. The summed E-state index contributed by atoms with van der Waals surface area (Å²) < 4.78 is 0. The highest BCUT2D eigenvalue weighted by atomic mass is 14.6. The summed E-state index contributed by atoms with van der Waals surface area (Å²) in [6.07, 6.45) is 21.9. The first-order chi connectivity index (χ1) is 27.4. The average Bonchev–Trinajstić information content (AvgIpc) is 4.19. The predicted octanol–water partition coefficient (Wildman–Crippen LogP) is 16.4. The molecule has 0 N–H and O–H groups in total. The summed E-state index contributed by atoms with van der Waals surface area (Å²) in [5, 5.41) is 0. The van der Waals surface area contributed by atoms with Gasteiger partial charge in [-0.05, 0) is 110 Å². The first kappa shape index (κ1) is 43.5. The van der Waals surface area contributed by atoms with Gasteiger partial charge < -0.3 is 0 Å². The van der Waals surface area contributed by atoms with Gasteiger partial charge in [-0.2, -0.15) is 0 Å². The molecule has 0 spiro atoms. The van der Waals surface area contributed by atoms with Crippen molar-refractivity contribution in [1.82, 2.24) is 0 Å². The molecular formula is C56H66. The summed E-state index contributed by atoms with van der Waals surface area (Å²) in [6.45, 7) is 18.8. The van der Waals surface area contributed by atoms with Crippen molar-refractivity contribution in [2.75, 3.05) is 0 Å². The van der Waals surface area contributed by atoms with E-state index in [4.69, 9.17) is 0 Å². The zero-order chi connectivity index (χ0) is 40.3. The lowest BCUT2D eigenvalue weighted by molar-refractivity contribution is 0.780. The van der Waals surface area contributed by atoms with Crippen LogP contribution in [-0.4, -0.2) is 0 Å². The van der Waals surface area contributed by atoms with E-state index in [1.807, 2.05) is 52.0 Å². The largest absolute Gasteiger partial charge is 0.0919 e. The van der Waals surface area contributed by atoms with Crippen molar-refractivity contribution in [1.29, 1.82) is 0 Å². The minimum Gasteiger partial charge on any atom is -0.0919 e. The van der Waals surface area contributed by atoms with Crippen molar-refractivity contribution in [3.8, 4) is 22.3 Å². The Kier molecular flexibility index (Phi) is 17.4. The number of hydrogen-bond donors (Lipinski definition) is 0. The Morgan fingerprint density at radius 3 is 1.80 bits per heavy atom. The summed E-state index contributed by atoms with van der Waals surface area (Å²) in [4.78, 5) is 0. The Hall–Kier alpha value is -5.20. The van der Waals surface area contributed by atoms with Gasteiger partial charge in [-0.1, -0.05) is 227 Å². The number of rotatable bonds is 4. The van der Waals surface area contributed by atoms with E-state index < -0.39 is 0 Å². The van der Waals surface area contributed by atoms with Gasteiger partial charge in [0.25, 0.3) is 0 Å². The van der Waals surface area contributed by atoms with E-state index in [2.05, 4.69) is 192 Å². The minimum atomic E-state index is 0.293. The van der Waals surface area contributed by atoms with E-state index in [0.29, 0.717) is 5.41 Å². The zero-order valence-corrected chi connectivity index (χ0v) is 35.7.